The summed E-state index contributed by atoms with van der Waals surface area (Å²) in [5.74, 6) is -8.49. The Bertz CT molecular complexity index is 721. The first kappa shape index (κ1) is 19.2. The summed E-state index contributed by atoms with van der Waals surface area (Å²) in [4.78, 5) is 11.9. The van der Waals surface area contributed by atoms with Crippen molar-refractivity contribution in [3.63, 3.8) is 0 Å². The summed E-state index contributed by atoms with van der Waals surface area (Å²) in [6, 6.07) is 0. The van der Waals surface area contributed by atoms with Crippen LogP contribution in [0.4, 0.5) is 26.3 Å². The average Bonchev–Trinajstić information content (AvgIpc) is 3.12. The molecule has 1 aromatic rings. The van der Waals surface area contributed by atoms with Crippen LogP contribution in [0.3, 0.4) is 0 Å². The van der Waals surface area contributed by atoms with E-state index in [9.17, 15) is 31.1 Å². The first-order valence-corrected chi connectivity index (χ1v) is 7.27. The van der Waals surface area contributed by atoms with Crippen molar-refractivity contribution < 1.29 is 35.9 Å². The van der Waals surface area contributed by atoms with Crippen molar-refractivity contribution in [3.05, 3.63) is 34.4 Å². The van der Waals surface area contributed by atoms with Crippen molar-refractivity contribution in [1.82, 2.24) is 0 Å². The Hall–Kier alpha value is -2.17. The van der Waals surface area contributed by atoms with Gasteiger partial charge in [0.25, 0.3) is 0 Å². The van der Waals surface area contributed by atoms with Crippen LogP contribution in [-0.4, -0.2) is 12.4 Å². The van der Waals surface area contributed by atoms with Gasteiger partial charge in [0.1, 0.15) is 6.61 Å². The van der Waals surface area contributed by atoms with Crippen molar-refractivity contribution in [1.29, 1.82) is 0 Å². The topological polar surface area (TPSA) is 26.3 Å². The molecule has 0 bridgehead atoms. The van der Waals surface area contributed by atoms with Gasteiger partial charge in [0.05, 0.1) is 11.5 Å². The van der Waals surface area contributed by atoms with Gasteiger partial charge < -0.3 is 4.74 Å². The van der Waals surface area contributed by atoms with Crippen LogP contribution in [0.2, 0.25) is 0 Å². The Kier molecular flexibility index (Phi) is 5.07. The Morgan fingerprint density at radius 1 is 1.12 bits per heavy atom. The lowest BCUT2D eigenvalue weighted by molar-refractivity contribution is -0.148. The van der Waals surface area contributed by atoms with Gasteiger partial charge in [0, 0.05) is 17.9 Å². The first-order chi connectivity index (χ1) is 11.6. The van der Waals surface area contributed by atoms with Crippen LogP contribution in [-0.2, 0) is 22.6 Å². The molecule has 2 rings (SSSR count). The SMILES string of the molecule is C#CCc1c(F)c(F)c(COC(=O)C2C(C(F)F)C2(C)C)c(F)c1F. The number of hydrogen-bond donors (Lipinski definition) is 0. The zero-order chi connectivity index (χ0) is 19.1. The predicted octanol–water partition coefficient (Wildman–Crippen LogP) is 4.00. The number of carbonyl (C=O) groups is 1. The van der Waals surface area contributed by atoms with Crippen molar-refractivity contribution >= 4 is 5.97 Å². The summed E-state index contributed by atoms with van der Waals surface area (Å²) in [6.07, 6.45) is 1.45. The molecule has 1 aromatic carbocycles. The third kappa shape index (κ3) is 3.20. The Morgan fingerprint density at radius 3 is 2.00 bits per heavy atom. The van der Waals surface area contributed by atoms with Crippen LogP contribution < -0.4 is 0 Å². The van der Waals surface area contributed by atoms with Gasteiger partial charge in [0.2, 0.25) is 6.43 Å². The number of rotatable bonds is 5. The van der Waals surface area contributed by atoms with E-state index in [1.165, 1.54) is 13.8 Å². The van der Waals surface area contributed by atoms with Gasteiger partial charge in [-0.1, -0.05) is 13.8 Å². The average molecular weight is 364 g/mol. The van der Waals surface area contributed by atoms with E-state index >= 15 is 0 Å². The van der Waals surface area contributed by atoms with E-state index in [0.717, 1.165) is 0 Å². The molecule has 0 heterocycles. The largest absolute Gasteiger partial charge is 0.460 e. The molecule has 0 saturated heterocycles. The maximum atomic E-state index is 13.9. The second kappa shape index (κ2) is 6.62. The lowest BCUT2D eigenvalue weighted by atomic mass is 10.1. The Balaban J connectivity index is 2.20. The summed E-state index contributed by atoms with van der Waals surface area (Å²) in [6.45, 7) is 1.72. The molecular formula is C17H14F6O2. The molecule has 1 aliphatic rings. The molecule has 0 aliphatic heterocycles. The monoisotopic (exact) mass is 364 g/mol. The van der Waals surface area contributed by atoms with Gasteiger partial charge in [-0.3, -0.25) is 4.79 Å². The van der Waals surface area contributed by atoms with Crippen molar-refractivity contribution in [2.45, 2.75) is 33.3 Å². The molecule has 0 radical (unpaired) electrons. The summed E-state index contributed by atoms with van der Waals surface area (Å²) >= 11 is 0. The molecule has 1 fully saturated rings. The molecule has 136 valence electrons. The molecule has 0 aromatic heterocycles. The van der Waals surface area contributed by atoms with E-state index in [4.69, 9.17) is 6.42 Å². The summed E-state index contributed by atoms with van der Waals surface area (Å²) in [7, 11) is 0. The van der Waals surface area contributed by atoms with E-state index in [2.05, 4.69) is 4.74 Å². The molecule has 2 unspecified atom stereocenters. The van der Waals surface area contributed by atoms with Gasteiger partial charge >= 0.3 is 5.97 Å². The van der Waals surface area contributed by atoms with E-state index in [1.54, 1.807) is 0 Å². The molecular weight excluding hydrogens is 350 g/mol. The van der Waals surface area contributed by atoms with Crippen LogP contribution in [0.1, 0.15) is 25.0 Å². The summed E-state index contributed by atoms with van der Waals surface area (Å²) < 4.78 is 85.5. The number of esters is 1. The molecule has 0 amide bonds. The smallest absolute Gasteiger partial charge is 0.310 e. The fourth-order valence-corrected chi connectivity index (χ4v) is 2.94. The molecule has 2 atom stereocenters. The van der Waals surface area contributed by atoms with E-state index < -0.39 is 77.1 Å². The predicted molar refractivity (Wildman–Crippen MR) is 75.4 cm³/mol. The highest BCUT2D eigenvalue weighted by Gasteiger charge is 2.66. The van der Waals surface area contributed by atoms with Crippen LogP contribution in [0, 0.1) is 52.9 Å². The van der Waals surface area contributed by atoms with Crippen LogP contribution in [0.5, 0.6) is 0 Å². The van der Waals surface area contributed by atoms with Gasteiger partial charge in [-0.2, -0.15) is 0 Å². The second-order valence-corrected chi connectivity index (χ2v) is 6.36. The fourth-order valence-electron chi connectivity index (χ4n) is 2.94. The summed E-state index contributed by atoms with van der Waals surface area (Å²) in [5.41, 5.74) is -3.12. The molecule has 0 N–H and O–H groups in total. The molecule has 1 aliphatic carbocycles. The highest BCUT2D eigenvalue weighted by Crippen LogP contribution is 2.61. The Morgan fingerprint density at radius 2 is 1.60 bits per heavy atom. The van der Waals surface area contributed by atoms with Gasteiger partial charge in [-0.15, -0.1) is 12.3 Å². The number of terminal acetylenes is 1. The number of alkyl halides is 2. The lowest BCUT2D eigenvalue weighted by Crippen LogP contribution is -2.15. The minimum Gasteiger partial charge on any atom is -0.460 e. The summed E-state index contributed by atoms with van der Waals surface area (Å²) in [5, 5.41) is 0. The number of ether oxygens (including phenoxy) is 1. The van der Waals surface area contributed by atoms with E-state index in [1.807, 2.05) is 5.92 Å². The zero-order valence-corrected chi connectivity index (χ0v) is 13.3. The number of hydrogen-bond acceptors (Lipinski definition) is 2. The minimum absolute atomic E-state index is 0.669. The van der Waals surface area contributed by atoms with E-state index in [0.29, 0.717) is 0 Å². The van der Waals surface area contributed by atoms with E-state index in [-0.39, 0.29) is 0 Å². The first-order valence-electron chi connectivity index (χ1n) is 7.27. The fraction of sp³-hybridized carbons (Fsp3) is 0.471. The van der Waals surface area contributed by atoms with Crippen molar-refractivity contribution in [2.75, 3.05) is 0 Å². The van der Waals surface area contributed by atoms with Crippen LogP contribution >= 0.6 is 0 Å². The van der Waals surface area contributed by atoms with Crippen molar-refractivity contribution in [3.8, 4) is 12.3 Å². The van der Waals surface area contributed by atoms with Crippen LogP contribution in [0.25, 0.3) is 0 Å². The molecule has 2 nitrogen and oxygen atoms in total. The maximum Gasteiger partial charge on any atom is 0.310 e. The lowest BCUT2D eigenvalue weighted by Gasteiger charge is -2.11. The van der Waals surface area contributed by atoms with Gasteiger partial charge in [-0.25, -0.2) is 26.3 Å². The molecule has 25 heavy (non-hydrogen) atoms. The quantitative estimate of drug-likeness (QED) is 0.342. The maximum absolute atomic E-state index is 13.9. The number of carbonyl (C=O) groups excluding carboxylic acids is 1. The Labute approximate surface area is 140 Å². The number of halogens is 6. The number of benzene rings is 1. The van der Waals surface area contributed by atoms with Crippen LogP contribution in [0.15, 0.2) is 0 Å². The minimum atomic E-state index is -2.76. The third-order valence-electron chi connectivity index (χ3n) is 4.52. The molecule has 1 saturated carbocycles. The standard InChI is InChI=1S/C17H14F6O2/c1-4-5-7-11(18)13(20)8(14(21)12(7)19)6-25-16(24)10-9(15(22)23)17(10,2)3/h1,9-10,15H,5-6H2,2-3H3. The normalized spacial score (nSPS) is 21.1. The molecule has 8 heteroatoms. The zero-order valence-electron chi connectivity index (χ0n) is 13.3. The van der Waals surface area contributed by atoms with Crippen molar-refractivity contribution in [2.24, 2.45) is 17.3 Å². The highest BCUT2D eigenvalue weighted by molar-refractivity contribution is 5.77. The van der Waals surface area contributed by atoms with Gasteiger partial charge in [-0.05, 0) is 5.41 Å². The highest BCUT2D eigenvalue weighted by atomic mass is 19.3. The molecule has 0 spiro atoms. The van der Waals surface area contributed by atoms with Gasteiger partial charge in [0.15, 0.2) is 23.3 Å². The third-order valence-corrected chi connectivity index (χ3v) is 4.52. The second-order valence-electron chi connectivity index (χ2n) is 6.36.